The van der Waals surface area contributed by atoms with Crippen LogP contribution in [0.15, 0.2) is 30.3 Å². The van der Waals surface area contributed by atoms with Gasteiger partial charge in [0, 0.05) is 0 Å². The van der Waals surface area contributed by atoms with Crippen LogP contribution in [0.2, 0.25) is 0 Å². The van der Waals surface area contributed by atoms with E-state index >= 15 is 0 Å². The Morgan fingerprint density at radius 3 is 2.26 bits per heavy atom. The lowest BCUT2D eigenvalue weighted by Crippen LogP contribution is -2.47. The summed E-state index contributed by atoms with van der Waals surface area (Å²) < 4.78 is 37.5. The van der Waals surface area contributed by atoms with E-state index in [9.17, 15) is 22.8 Å². The second kappa shape index (κ2) is 6.21. The van der Waals surface area contributed by atoms with Crippen molar-refractivity contribution in [2.45, 2.75) is 25.1 Å². The number of benzene rings is 1. The molecule has 1 rings (SSSR count). The van der Waals surface area contributed by atoms with Crippen LogP contribution in [0.4, 0.5) is 13.2 Å². The molecule has 1 aromatic rings. The smallest absolute Gasteiger partial charge is 0.409 e. The van der Waals surface area contributed by atoms with Gasteiger partial charge in [-0.1, -0.05) is 30.3 Å². The van der Waals surface area contributed by atoms with Gasteiger partial charge >= 0.3 is 12.1 Å². The number of carbonyl (C=O) groups is 2. The van der Waals surface area contributed by atoms with Gasteiger partial charge in [0.15, 0.2) is 0 Å². The van der Waals surface area contributed by atoms with Crippen LogP contribution in [0.3, 0.4) is 0 Å². The molecule has 0 heterocycles. The van der Waals surface area contributed by atoms with Crippen molar-refractivity contribution in [1.29, 1.82) is 0 Å². The van der Waals surface area contributed by atoms with Crippen molar-refractivity contribution in [2.24, 2.45) is 0 Å². The maximum absolute atomic E-state index is 12.5. The zero-order valence-electron chi connectivity index (χ0n) is 9.78. The summed E-state index contributed by atoms with van der Waals surface area (Å²) in [7, 11) is 0. The molecule has 0 radical (unpaired) electrons. The third-order valence-electron chi connectivity index (χ3n) is 2.32. The first kappa shape index (κ1) is 15.0. The van der Waals surface area contributed by atoms with Gasteiger partial charge < -0.3 is 10.4 Å². The van der Waals surface area contributed by atoms with Gasteiger partial charge in [-0.25, -0.2) is 0 Å². The lowest BCUT2D eigenvalue weighted by atomic mass is 10.1. The number of hydrogen-bond donors (Lipinski definition) is 2. The molecule has 7 heteroatoms. The van der Waals surface area contributed by atoms with Gasteiger partial charge in [-0.15, -0.1) is 0 Å². The van der Waals surface area contributed by atoms with E-state index in [0.29, 0.717) is 5.56 Å². The first-order chi connectivity index (χ1) is 8.79. The summed E-state index contributed by atoms with van der Waals surface area (Å²) in [5.74, 6) is -2.49. The molecule has 19 heavy (non-hydrogen) atoms. The molecule has 4 nitrogen and oxygen atoms in total. The highest BCUT2D eigenvalue weighted by atomic mass is 19.4. The Morgan fingerprint density at radius 2 is 1.79 bits per heavy atom. The fraction of sp³-hybridized carbons (Fsp3) is 0.333. The number of rotatable bonds is 5. The van der Waals surface area contributed by atoms with Crippen molar-refractivity contribution in [2.75, 3.05) is 0 Å². The van der Waals surface area contributed by atoms with Crippen LogP contribution in [-0.4, -0.2) is 29.2 Å². The van der Waals surface area contributed by atoms with Crippen molar-refractivity contribution >= 4 is 11.9 Å². The number of amides is 1. The third kappa shape index (κ3) is 5.41. The summed E-state index contributed by atoms with van der Waals surface area (Å²) in [6.07, 6.45) is -6.21. The van der Waals surface area contributed by atoms with Gasteiger partial charge in [0.05, 0.1) is 12.8 Å². The van der Waals surface area contributed by atoms with Crippen LogP contribution in [0.1, 0.15) is 12.0 Å². The van der Waals surface area contributed by atoms with Crippen molar-refractivity contribution in [3.05, 3.63) is 35.9 Å². The minimum atomic E-state index is -4.79. The monoisotopic (exact) mass is 275 g/mol. The van der Waals surface area contributed by atoms with Gasteiger partial charge in [0.25, 0.3) is 0 Å². The molecule has 0 bridgehead atoms. The normalized spacial score (nSPS) is 12.8. The van der Waals surface area contributed by atoms with Crippen LogP contribution in [0, 0.1) is 0 Å². The molecule has 1 aromatic carbocycles. The molecule has 2 N–H and O–H groups in total. The van der Waals surface area contributed by atoms with Gasteiger partial charge in [-0.2, -0.15) is 13.2 Å². The van der Waals surface area contributed by atoms with E-state index in [0.717, 1.165) is 0 Å². The highest BCUT2D eigenvalue weighted by Crippen LogP contribution is 2.22. The quantitative estimate of drug-likeness (QED) is 0.860. The molecule has 0 aliphatic heterocycles. The minimum absolute atomic E-state index is 0.229. The molecule has 0 saturated heterocycles. The van der Waals surface area contributed by atoms with Crippen molar-refractivity contribution in [3.8, 4) is 0 Å². The average Bonchev–Trinajstić information content (AvgIpc) is 2.27. The third-order valence-corrected chi connectivity index (χ3v) is 2.32. The highest BCUT2D eigenvalue weighted by molar-refractivity contribution is 5.79. The first-order valence-electron chi connectivity index (χ1n) is 5.41. The Kier molecular flexibility index (Phi) is 4.91. The van der Waals surface area contributed by atoms with E-state index in [1.165, 1.54) is 0 Å². The highest BCUT2D eigenvalue weighted by Gasteiger charge is 2.41. The van der Waals surface area contributed by atoms with E-state index in [1.54, 1.807) is 35.6 Å². The molecule has 0 aromatic heterocycles. The lowest BCUT2D eigenvalue weighted by molar-refractivity contribution is -0.170. The molecule has 0 spiro atoms. The van der Waals surface area contributed by atoms with E-state index in [1.807, 2.05) is 0 Å². The molecular weight excluding hydrogens is 263 g/mol. The molecule has 1 unspecified atom stereocenters. The Morgan fingerprint density at radius 1 is 1.21 bits per heavy atom. The summed E-state index contributed by atoms with van der Waals surface area (Å²) in [6.45, 7) is 0. The molecule has 0 fully saturated rings. The molecule has 104 valence electrons. The number of aliphatic carboxylic acids is 1. The van der Waals surface area contributed by atoms with Crippen LogP contribution < -0.4 is 5.32 Å². The summed E-state index contributed by atoms with van der Waals surface area (Å²) in [6, 6.07) is 5.84. The van der Waals surface area contributed by atoms with Gasteiger partial charge in [0.2, 0.25) is 5.91 Å². The molecule has 0 aliphatic rings. The molecular formula is C12H12F3NO3. The predicted octanol–water partition coefficient (Wildman–Crippen LogP) is 1.75. The summed E-state index contributed by atoms with van der Waals surface area (Å²) in [5.41, 5.74) is 0.552. The lowest BCUT2D eigenvalue weighted by Gasteiger charge is -2.19. The standard InChI is InChI=1S/C12H12F3NO3/c13-12(14,15)9(7-11(18)19)16-10(17)6-8-4-2-1-3-5-8/h1-5,9H,6-7H2,(H,16,17)(H,18,19). The predicted molar refractivity (Wildman–Crippen MR) is 60.4 cm³/mol. The number of halogens is 3. The Bertz CT molecular complexity index is 445. The van der Waals surface area contributed by atoms with Crippen LogP contribution in [-0.2, 0) is 16.0 Å². The van der Waals surface area contributed by atoms with E-state index < -0.39 is 30.5 Å². The maximum atomic E-state index is 12.5. The van der Waals surface area contributed by atoms with Crippen LogP contribution in [0.5, 0.6) is 0 Å². The maximum Gasteiger partial charge on any atom is 0.409 e. The number of nitrogens with one attached hydrogen (secondary N) is 1. The molecule has 1 amide bonds. The number of carbonyl (C=O) groups excluding carboxylic acids is 1. The zero-order chi connectivity index (χ0) is 14.5. The fourth-order valence-corrected chi connectivity index (χ4v) is 1.45. The van der Waals surface area contributed by atoms with Crippen molar-refractivity contribution in [1.82, 2.24) is 5.32 Å². The van der Waals surface area contributed by atoms with E-state index in [4.69, 9.17) is 5.11 Å². The largest absolute Gasteiger partial charge is 0.481 e. The topological polar surface area (TPSA) is 66.4 Å². The Hall–Kier alpha value is -2.05. The molecule has 0 aliphatic carbocycles. The summed E-state index contributed by atoms with van der Waals surface area (Å²) in [4.78, 5) is 21.8. The molecule has 1 atom stereocenters. The van der Waals surface area contributed by atoms with Crippen LogP contribution >= 0.6 is 0 Å². The van der Waals surface area contributed by atoms with E-state index in [-0.39, 0.29) is 6.42 Å². The molecule has 0 saturated carbocycles. The SMILES string of the molecule is O=C(O)CC(NC(=O)Cc1ccccc1)C(F)(F)F. The number of carboxylic acid groups (broad SMARTS) is 1. The minimum Gasteiger partial charge on any atom is -0.481 e. The van der Waals surface area contributed by atoms with Crippen molar-refractivity contribution < 1.29 is 27.9 Å². The number of hydrogen-bond acceptors (Lipinski definition) is 2. The van der Waals surface area contributed by atoms with E-state index in [2.05, 4.69) is 0 Å². The second-order valence-corrected chi connectivity index (χ2v) is 3.92. The second-order valence-electron chi connectivity index (χ2n) is 3.92. The zero-order valence-corrected chi connectivity index (χ0v) is 9.78. The average molecular weight is 275 g/mol. The van der Waals surface area contributed by atoms with Crippen LogP contribution in [0.25, 0.3) is 0 Å². The van der Waals surface area contributed by atoms with Crippen molar-refractivity contribution in [3.63, 3.8) is 0 Å². The van der Waals surface area contributed by atoms with Gasteiger partial charge in [-0.3, -0.25) is 9.59 Å². The Labute approximate surface area is 107 Å². The summed E-state index contributed by atoms with van der Waals surface area (Å²) >= 11 is 0. The van der Waals surface area contributed by atoms with Gasteiger partial charge in [0.1, 0.15) is 6.04 Å². The van der Waals surface area contributed by atoms with Gasteiger partial charge in [-0.05, 0) is 5.56 Å². The first-order valence-corrected chi connectivity index (χ1v) is 5.41. The fourth-order valence-electron chi connectivity index (χ4n) is 1.45. The summed E-state index contributed by atoms with van der Waals surface area (Å²) in [5, 5.41) is 10.1. The number of alkyl halides is 3. The number of carboxylic acids is 1. The Balaban J connectivity index is 2.64.